The van der Waals surface area contributed by atoms with Crippen molar-refractivity contribution in [1.82, 2.24) is 0 Å². The largest absolute Gasteiger partial charge is 0.478 e. The summed E-state index contributed by atoms with van der Waals surface area (Å²) in [5, 5.41) is 8.77. The third-order valence-corrected chi connectivity index (χ3v) is 2.16. The number of carbonyl (C=O) groups is 1. The Labute approximate surface area is 83.9 Å². The number of rotatable bonds is 3. The van der Waals surface area contributed by atoms with Crippen molar-refractivity contribution in [3.63, 3.8) is 0 Å². The van der Waals surface area contributed by atoms with Crippen LogP contribution in [0.1, 0.15) is 30.9 Å². The lowest BCUT2D eigenvalue weighted by Crippen LogP contribution is -1.99. The van der Waals surface area contributed by atoms with Gasteiger partial charge in [-0.05, 0) is 17.0 Å². The molecule has 1 N–H and O–H groups in total. The lowest BCUT2D eigenvalue weighted by molar-refractivity contribution is -0.130. The van der Waals surface area contributed by atoms with Crippen LogP contribution < -0.4 is 0 Å². The van der Waals surface area contributed by atoms with Gasteiger partial charge in [0.15, 0.2) is 0 Å². The minimum absolute atomic E-state index is 0.146. The molecule has 0 amide bonds. The molecule has 0 aromatic heterocycles. The number of benzene rings is 1. The summed E-state index contributed by atoms with van der Waals surface area (Å²) in [4.78, 5) is 10.7. The number of aliphatic carboxylic acids is 1. The maximum atomic E-state index is 10.7. The van der Waals surface area contributed by atoms with E-state index < -0.39 is 5.97 Å². The van der Waals surface area contributed by atoms with Gasteiger partial charge in [-0.25, -0.2) is 4.79 Å². The topological polar surface area (TPSA) is 37.3 Å². The van der Waals surface area contributed by atoms with Crippen LogP contribution in [0.15, 0.2) is 30.8 Å². The second kappa shape index (κ2) is 4.09. The van der Waals surface area contributed by atoms with Gasteiger partial charge in [-0.1, -0.05) is 44.7 Å². The van der Waals surface area contributed by atoms with Crippen LogP contribution >= 0.6 is 0 Å². The average molecular weight is 190 g/mol. The van der Waals surface area contributed by atoms with Crippen molar-refractivity contribution >= 4 is 11.5 Å². The van der Waals surface area contributed by atoms with Crippen molar-refractivity contribution in [1.29, 1.82) is 0 Å². The fourth-order valence-corrected chi connectivity index (χ4v) is 1.21. The van der Waals surface area contributed by atoms with Crippen LogP contribution in [0.25, 0.3) is 5.57 Å². The Morgan fingerprint density at radius 2 is 2.07 bits per heavy atom. The van der Waals surface area contributed by atoms with Gasteiger partial charge in [-0.15, -0.1) is 0 Å². The summed E-state index contributed by atoms with van der Waals surface area (Å²) in [6, 6.07) is 7.49. The number of carboxylic acid groups (broad SMARTS) is 1. The molecule has 0 unspecified atom stereocenters. The van der Waals surface area contributed by atoms with Crippen LogP contribution in [0.3, 0.4) is 0 Å². The highest BCUT2D eigenvalue weighted by Crippen LogP contribution is 2.19. The van der Waals surface area contributed by atoms with Gasteiger partial charge >= 0.3 is 5.97 Å². The van der Waals surface area contributed by atoms with Crippen LogP contribution in [0.2, 0.25) is 0 Å². The van der Waals surface area contributed by atoms with Gasteiger partial charge in [0, 0.05) is 0 Å². The molecule has 2 nitrogen and oxygen atoms in total. The highest BCUT2D eigenvalue weighted by molar-refractivity contribution is 6.14. The fourth-order valence-electron chi connectivity index (χ4n) is 1.21. The van der Waals surface area contributed by atoms with Gasteiger partial charge in [-0.3, -0.25) is 0 Å². The molecule has 0 fully saturated rings. The molecule has 1 rings (SSSR count). The summed E-state index contributed by atoms with van der Waals surface area (Å²) >= 11 is 0. The van der Waals surface area contributed by atoms with E-state index in [0.717, 1.165) is 5.56 Å². The summed E-state index contributed by atoms with van der Waals surface area (Å²) in [6.07, 6.45) is 0. The molecule has 0 aliphatic carbocycles. The summed E-state index contributed by atoms with van der Waals surface area (Å²) in [6.45, 7) is 7.67. The number of hydrogen-bond acceptors (Lipinski definition) is 1. The average Bonchev–Trinajstić information content (AvgIpc) is 2.16. The van der Waals surface area contributed by atoms with E-state index in [1.165, 1.54) is 0 Å². The predicted molar refractivity (Wildman–Crippen MR) is 57.2 cm³/mol. The molecule has 0 atom stereocenters. The molecule has 0 radical (unpaired) electrons. The first kappa shape index (κ1) is 10.5. The third kappa shape index (κ3) is 2.22. The van der Waals surface area contributed by atoms with Gasteiger partial charge in [0.25, 0.3) is 0 Å². The van der Waals surface area contributed by atoms with Crippen molar-refractivity contribution in [3.8, 4) is 0 Å². The molecule has 0 spiro atoms. The molecular formula is C12H14O2. The molecule has 0 aliphatic rings. The van der Waals surface area contributed by atoms with E-state index in [9.17, 15) is 4.79 Å². The molecule has 0 saturated heterocycles. The smallest absolute Gasteiger partial charge is 0.335 e. The molecule has 0 saturated carbocycles. The summed E-state index contributed by atoms with van der Waals surface area (Å²) < 4.78 is 0. The van der Waals surface area contributed by atoms with Crippen molar-refractivity contribution in [3.05, 3.63) is 42.0 Å². The monoisotopic (exact) mass is 190 g/mol. The summed E-state index contributed by atoms with van der Waals surface area (Å²) in [5.74, 6) is -0.567. The fraction of sp³-hybridized carbons (Fsp3) is 0.250. The highest BCUT2D eigenvalue weighted by Gasteiger charge is 2.08. The lowest BCUT2D eigenvalue weighted by atomic mass is 9.98. The Morgan fingerprint density at radius 1 is 1.43 bits per heavy atom. The molecule has 0 heterocycles. The molecule has 0 aliphatic heterocycles. The van der Waals surface area contributed by atoms with E-state index >= 15 is 0 Å². The van der Waals surface area contributed by atoms with Gasteiger partial charge in [0.1, 0.15) is 0 Å². The minimum atomic E-state index is -0.967. The number of hydrogen-bond donors (Lipinski definition) is 1. The van der Waals surface area contributed by atoms with Crippen LogP contribution in [-0.4, -0.2) is 11.1 Å². The first-order chi connectivity index (χ1) is 6.52. The zero-order valence-electron chi connectivity index (χ0n) is 8.45. The summed E-state index contributed by atoms with van der Waals surface area (Å²) in [7, 11) is 0. The van der Waals surface area contributed by atoms with Crippen LogP contribution in [0.4, 0.5) is 0 Å². The van der Waals surface area contributed by atoms with E-state index in [1.807, 2.05) is 18.2 Å². The maximum Gasteiger partial charge on any atom is 0.335 e. The number of carboxylic acids is 1. The van der Waals surface area contributed by atoms with E-state index in [0.29, 0.717) is 11.5 Å². The molecule has 1 aromatic carbocycles. The Bertz CT molecular complexity index is 364. The van der Waals surface area contributed by atoms with Gasteiger partial charge in [-0.2, -0.15) is 0 Å². The van der Waals surface area contributed by atoms with E-state index in [-0.39, 0.29) is 5.57 Å². The zero-order chi connectivity index (χ0) is 10.7. The van der Waals surface area contributed by atoms with Crippen molar-refractivity contribution < 1.29 is 9.90 Å². The standard InChI is InChI=1S/C12H14O2/c1-8(2)10-5-4-6-11(7-10)9(3)12(13)14/h4-8H,3H2,1-2H3,(H,13,14). The van der Waals surface area contributed by atoms with Gasteiger partial charge in [0.2, 0.25) is 0 Å². The Morgan fingerprint density at radius 3 is 2.57 bits per heavy atom. The second-order valence-electron chi connectivity index (χ2n) is 3.56. The Hall–Kier alpha value is -1.57. The second-order valence-corrected chi connectivity index (χ2v) is 3.56. The Kier molecular flexibility index (Phi) is 3.07. The SMILES string of the molecule is C=C(C(=O)O)c1cccc(C(C)C)c1. The van der Waals surface area contributed by atoms with Gasteiger partial charge < -0.3 is 5.11 Å². The van der Waals surface area contributed by atoms with E-state index in [4.69, 9.17) is 5.11 Å². The van der Waals surface area contributed by atoms with Crippen molar-refractivity contribution in [2.45, 2.75) is 19.8 Å². The van der Waals surface area contributed by atoms with E-state index in [2.05, 4.69) is 20.4 Å². The lowest BCUT2D eigenvalue weighted by Gasteiger charge is -2.07. The molecule has 0 bridgehead atoms. The van der Waals surface area contributed by atoms with Crippen molar-refractivity contribution in [2.75, 3.05) is 0 Å². The van der Waals surface area contributed by atoms with Crippen LogP contribution in [0.5, 0.6) is 0 Å². The normalized spacial score (nSPS) is 10.2. The predicted octanol–water partition coefficient (Wildman–Crippen LogP) is 2.91. The van der Waals surface area contributed by atoms with Gasteiger partial charge in [0.05, 0.1) is 5.57 Å². The quantitative estimate of drug-likeness (QED) is 0.744. The highest BCUT2D eigenvalue weighted by atomic mass is 16.4. The molecular weight excluding hydrogens is 176 g/mol. The van der Waals surface area contributed by atoms with E-state index in [1.54, 1.807) is 6.07 Å². The zero-order valence-corrected chi connectivity index (χ0v) is 8.45. The minimum Gasteiger partial charge on any atom is -0.478 e. The van der Waals surface area contributed by atoms with Crippen molar-refractivity contribution in [2.24, 2.45) is 0 Å². The van der Waals surface area contributed by atoms with Crippen LogP contribution in [0, 0.1) is 0 Å². The summed E-state index contributed by atoms with van der Waals surface area (Å²) in [5.41, 5.74) is 1.96. The molecule has 74 valence electrons. The van der Waals surface area contributed by atoms with Crippen LogP contribution in [-0.2, 0) is 4.79 Å². The maximum absolute atomic E-state index is 10.7. The molecule has 14 heavy (non-hydrogen) atoms. The molecule has 1 aromatic rings. The Balaban J connectivity index is 3.06. The first-order valence-electron chi connectivity index (χ1n) is 4.55. The first-order valence-corrected chi connectivity index (χ1v) is 4.55. The third-order valence-electron chi connectivity index (χ3n) is 2.16. The molecule has 2 heteroatoms.